The molecule has 2 rings (SSSR count). The first-order valence-corrected chi connectivity index (χ1v) is 8.72. The number of rotatable bonds is 6. The minimum atomic E-state index is -0.0513. The number of aromatic nitrogens is 2. The lowest BCUT2D eigenvalue weighted by molar-refractivity contribution is 0.375. The van der Waals surface area contributed by atoms with Crippen molar-refractivity contribution in [2.75, 3.05) is 6.54 Å². The maximum Gasteiger partial charge on any atom is 0.213 e. The van der Waals surface area contributed by atoms with Crippen LogP contribution in [0.1, 0.15) is 70.6 Å². The van der Waals surface area contributed by atoms with Crippen LogP contribution in [0, 0.1) is 0 Å². The van der Waals surface area contributed by atoms with Gasteiger partial charge in [-0.15, -0.1) is 0 Å². The molecule has 0 aliphatic carbocycles. The first-order chi connectivity index (χ1) is 11.8. The average molecular weight is 347 g/mol. The van der Waals surface area contributed by atoms with Crippen molar-refractivity contribution >= 4 is 5.96 Å². The molecule has 0 unspecified atom stereocenters. The van der Waals surface area contributed by atoms with E-state index in [0.29, 0.717) is 30.9 Å². The van der Waals surface area contributed by atoms with E-state index in [4.69, 9.17) is 8.94 Å². The van der Waals surface area contributed by atoms with E-state index in [1.807, 2.05) is 13.0 Å². The second-order valence-electron chi connectivity index (χ2n) is 7.29. The highest BCUT2D eigenvalue weighted by Crippen LogP contribution is 2.22. The van der Waals surface area contributed by atoms with Crippen LogP contribution in [0.15, 0.2) is 26.2 Å². The number of nitrogens with zero attached hydrogens (tertiary/aromatic N) is 3. The number of hydrogen-bond acceptors (Lipinski definition) is 5. The fourth-order valence-corrected chi connectivity index (χ4v) is 2.07. The molecule has 0 fully saturated rings. The summed E-state index contributed by atoms with van der Waals surface area (Å²) in [5.41, 5.74) is 0.891. The van der Waals surface area contributed by atoms with Gasteiger partial charge in [0.05, 0.1) is 18.4 Å². The summed E-state index contributed by atoms with van der Waals surface area (Å²) in [5, 5.41) is 10.5. The Morgan fingerprint density at radius 1 is 1.28 bits per heavy atom. The fraction of sp³-hybridized carbons (Fsp3) is 0.611. The number of guanidine groups is 1. The first kappa shape index (κ1) is 19.0. The van der Waals surface area contributed by atoms with E-state index in [1.165, 1.54) is 0 Å². The van der Waals surface area contributed by atoms with E-state index in [-0.39, 0.29) is 5.41 Å². The molecule has 2 aromatic heterocycles. The van der Waals surface area contributed by atoms with Crippen molar-refractivity contribution < 1.29 is 8.94 Å². The van der Waals surface area contributed by atoms with Crippen LogP contribution in [0.2, 0.25) is 0 Å². The Morgan fingerprint density at radius 3 is 2.60 bits per heavy atom. The highest BCUT2D eigenvalue weighted by atomic mass is 16.5. The molecule has 0 radical (unpaired) electrons. The molecular weight excluding hydrogens is 318 g/mol. The van der Waals surface area contributed by atoms with Crippen molar-refractivity contribution in [3.8, 4) is 0 Å². The molecule has 2 heterocycles. The molecule has 7 heteroatoms. The van der Waals surface area contributed by atoms with Crippen molar-refractivity contribution in [1.82, 2.24) is 20.8 Å². The van der Waals surface area contributed by atoms with Crippen LogP contribution in [-0.2, 0) is 18.5 Å². The molecule has 0 amide bonds. The van der Waals surface area contributed by atoms with E-state index < -0.39 is 0 Å². The third kappa shape index (κ3) is 5.62. The number of oxazole rings is 1. The Bertz CT molecular complexity index is 694. The quantitative estimate of drug-likeness (QED) is 0.615. The highest BCUT2D eigenvalue weighted by Gasteiger charge is 2.19. The van der Waals surface area contributed by atoms with Gasteiger partial charge in [0.15, 0.2) is 11.7 Å². The zero-order chi connectivity index (χ0) is 18.4. The van der Waals surface area contributed by atoms with Crippen molar-refractivity contribution in [2.24, 2.45) is 4.99 Å². The van der Waals surface area contributed by atoms with Gasteiger partial charge in [0.2, 0.25) is 5.89 Å². The summed E-state index contributed by atoms with van der Waals surface area (Å²) in [4.78, 5) is 8.83. The van der Waals surface area contributed by atoms with Gasteiger partial charge < -0.3 is 19.6 Å². The van der Waals surface area contributed by atoms with E-state index >= 15 is 0 Å². The minimum Gasteiger partial charge on any atom is -0.443 e. The largest absolute Gasteiger partial charge is 0.443 e. The average Bonchev–Trinajstić information content (AvgIpc) is 3.18. The van der Waals surface area contributed by atoms with Crippen LogP contribution in [0.3, 0.4) is 0 Å². The van der Waals surface area contributed by atoms with Crippen molar-refractivity contribution in [3.05, 3.63) is 35.4 Å². The summed E-state index contributed by atoms with van der Waals surface area (Å²) in [5.74, 6) is 3.27. The van der Waals surface area contributed by atoms with Crippen molar-refractivity contribution in [1.29, 1.82) is 0 Å². The molecule has 2 N–H and O–H groups in total. The van der Waals surface area contributed by atoms with E-state index in [0.717, 1.165) is 23.8 Å². The molecule has 138 valence electrons. The standard InChI is InChI=1S/C18H29N5O2/c1-7-19-17(21-9-13-8-14(12(2)3)23-25-13)22-11-16-20-10-15(24-16)18(4,5)6/h8,10,12H,7,9,11H2,1-6H3,(H2,19,21,22). The number of aliphatic imine (C=N–C) groups is 1. The topological polar surface area (TPSA) is 88.5 Å². The Labute approximate surface area is 149 Å². The zero-order valence-corrected chi connectivity index (χ0v) is 16.0. The third-order valence-corrected chi connectivity index (χ3v) is 3.61. The lowest BCUT2D eigenvalue weighted by atomic mass is 9.94. The molecule has 0 atom stereocenters. The molecule has 25 heavy (non-hydrogen) atoms. The Kier molecular flexibility index (Phi) is 6.22. The van der Waals surface area contributed by atoms with Gasteiger partial charge in [-0.3, -0.25) is 0 Å². The monoisotopic (exact) mass is 347 g/mol. The van der Waals surface area contributed by atoms with Crippen LogP contribution in [-0.4, -0.2) is 22.6 Å². The molecule has 0 aromatic carbocycles. The van der Waals surface area contributed by atoms with Gasteiger partial charge in [-0.05, 0) is 12.8 Å². The van der Waals surface area contributed by atoms with Gasteiger partial charge in [-0.2, -0.15) is 0 Å². The molecule has 0 spiro atoms. The van der Waals surface area contributed by atoms with E-state index in [1.54, 1.807) is 6.20 Å². The second-order valence-corrected chi connectivity index (χ2v) is 7.29. The van der Waals surface area contributed by atoms with Crippen LogP contribution in [0.4, 0.5) is 0 Å². The SMILES string of the molecule is CCNC(=NCc1cc(C(C)C)no1)NCc1ncc(C(C)(C)C)o1. The molecule has 0 aliphatic heterocycles. The predicted octanol–water partition coefficient (Wildman–Crippen LogP) is 3.34. The summed E-state index contributed by atoms with van der Waals surface area (Å²) in [6.45, 7) is 14.1. The minimum absolute atomic E-state index is 0.0513. The molecule has 7 nitrogen and oxygen atoms in total. The van der Waals surface area contributed by atoms with Gasteiger partial charge in [0.25, 0.3) is 0 Å². The summed E-state index contributed by atoms with van der Waals surface area (Å²) in [7, 11) is 0. The molecule has 0 bridgehead atoms. The second kappa shape index (κ2) is 8.18. The summed E-state index contributed by atoms with van der Waals surface area (Å²) in [6.07, 6.45) is 1.78. The first-order valence-electron chi connectivity index (χ1n) is 8.72. The van der Waals surface area contributed by atoms with Crippen molar-refractivity contribution in [3.63, 3.8) is 0 Å². The molecule has 0 saturated heterocycles. The summed E-state index contributed by atoms with van der Waals surface area (Å²) < 4.78 is 11.1. The maximum atomic E-state index is 5.78. The molecule has 0 saturated carbocycles. The predicted molar refractivity (Wildman–Crippen MR) is 97.5 cm³/mol. The maximum absolute atomic E-state index is 5.78. The Balaban J connectivity index is 1.96. The molecular formula is C18H29N5O2. The number of hydrogen-bond donors (Lipinski definition) is 2. The van der Waals surface area contributed by atoms with Gasteiger partial charge in [-0.1, -0.05) is 39.8 Å². The van der Waals surface area contributed by atoms with Crippen LogP contribution in [0.5, 0.6) is 0 Å². The Hall–Kier alpha value is -2.31. The number of nitrogens with one attached hydrogen (secondary N) is 2. The van der Waals surface area contributed by atoms with Crippen molar-refractivity contribution in [2.45, 2.75) is 66.0 Å². The Morgan fingerprint density at radius 2 is 2.04 bits per heavy atom. The van der Waals surface area contributed by atoms with Crippen LogP contribution >= 0.6 is 0 Å². The highest BCUT2D eigenvalue weighted by molar-refractivity contribution is 5.79. The lowest BCUT2D eigenvalue weighted by Gasteiger charge is -2.13. The smallest absolute Gasteiger partial charge is 0.213 e. The summed E-state index contributed by atoms with van der Waals surface area (Å²) >= 11 is 0. The normalized spacial score (nSPS) is 12.7. The van der Waals surface area contributed by atoms with Gasteiger partial charge >= 0.3 is 0 Å². The van der Waals surface area contributed by atoms with Crippen LogP contribution < -0.4 is 10.6 Å². The zero-order valence-electron chi connectivity index (χ0n) is 16.0. The molecule has 2 aromatic rings. The van der Waals surface area contributed by atoms with Gasteiger partial charge in [0, 0.05) is 18.0 Å². The summed E-state index contributed by atoms with van der Waals surface area (Å²) in [6, 6.07) is 1.95. The third-order valence-electron chi connectivity index (χ3n) is 3.61. The van der Waals surface area contributed by atoms with E-state index in [9.17, 15) is 0 Å². The molecule has 0 aliphatic rings. The van der Waals surface area contributed by atoms with E-state index in [2.05, 4.69) is 60.4 Å². The fourth-order valence-electron chi connectivity index (χ4n) is 2.07. The van der Waals surface area contributed by atoms with Gasteiger partial charge in [0.1, 0.15) is 12.3 Å². The van der Waals surface area contributed by atoms with Crippen LogP contribution in [0.25, 0.3) is 0 Å². The van der Waals surface area contributed by atoms with Gasteiger partial charge in [-0.25, -0.2) is 9.98 Å². The lowest BCUT2D eigenvalue weighted by Crippen LogP contribution is -2.36.